The van der Waals surface area contributed by atoms with Gasteiger partial charge in [-0.05, 0) is 20.0 Å². The van der Waals surface area contributed by atoms with Crippen molar-refractivity contribution in [3.8, 4) is 11.5 Å². The van der Waals surface area contributed by atoms with Crippen LogP contribution in [0.25, 0.3) is 0 Å². The predicted octanol–water partition coefficient (Wildman–Crippen LogP) is 1.21. The average molecular weight is 280 g/mol. The lowest BCUT2D eigenvalue weighted by Crippen LogP contribution is -2.44. The molecule has 1 atom stereocenters. The van der Waals surface area contributed by atoms with Gasteiger partial charge in [-0.25, -0.2) is 0 Å². The highest BCUT2D eigenvalue weighted by atomic mass is 16.5. The molecular weight excluding hydrogens is 256 g/mol. The lowest BCUT2D eigenvalue weighted by atomic mass is 10.1. The molecule has 2 N–H and O–H groups in total. The van der Waals surface area contributed by atoms with Crippen LogP contribution in [0.4, 0.5) is 0 Å². The number of aromatic hydroxyl groups is 1. The number of phenolic OH excluding ortho intramolecular Hbond substituents is 1. The third-order valence-corrected chi connectivity index (χ3v) is 3.34. The number of ether oxygens (including phenoxy) is 2. The number of para-hydroxylation sites is 1. The van der Waals surface area contributed by atoms with Crippen LogP contribution in [-0.2, 0) is 11.3 Å². The van der Waals surface area contributed by atoms with Crippen LogP contribution in [0.3, 0.4) is 0 Å². The minimum Gasteiger partial charge on any atom is -0.504 e. The van der Waals surface area contributed by atoms with Crippen molar-refractivity contribution in [3.63, 3.8) is 0 Å². The molecule has 20 heavy (non-hydrogen) atoms. The Hall–Kier alpha value is -1.30. The molecule has 1 aliphatic heterocycles. The molecule has 0 saturated carbocycles. The Kier molecular flexibility index (Phi) is 5.64. The molecule has 0 aromatic heterocycles. The lowest BCUT2D eigenvalue weighted by Gasteiger charge is -2.28. The monoisotopic (exact) mass is 280 g/mol. The van der Waals surface area contributed by atoms with Gasteiger partial charge in [0.25, 0.3) is 0 Å². The van der Waals surface area contributed by atoms with Gasteiger partial charge in [0.2, 0.25) is 0 Å². The Morgan fingerprint density at radius 2 is 2.35 bits per heavy atom. The van der Waals surface area contributed by atoms with Crippen LogP contribution < -0.4 is 10.1 Å². The second-order valence-electron chi connectivity index (χ2n) is 5.09. The highest BCUT2D eigenvalue weighted by Gasteiger charge is 2.17. The number of morpholine rings is 1. The van der Waals surface area contributed by atoms with Gasteiger partial charge in [-0.15, -0.1) is 0 Å². The Labute approximate surface area is 120 Å². The summed E-state index contributed by atoms with van der Waals surface area (Å²) in [6, 6.07) is 5.62. The summed E-state index contributed by atoms with van der Waals surface area (Å²) in [6.07, 6.45) is 0.214. The summed E-state index contributed by atoms with van der Waals surface area (Å²) < 4.78 is 11.1. The van der Waals surface area contributed by atoms with E-state index in [0.717, 1.165) is 31.8 Å². The minimum atomic E-state index is 0.214. The highest BCUT2D eigenvalue weighted by Crippen LogP contribution is 2.30. The number of nitrogens with one attached hydrogen (secondary N) is 1. The lowest BCUT2D eigenvalue weighted by molar-refractivity contribution is 0.00874. The van der Waals surface area contributed by atoms with E-state index >= 15 is 0 Å². The summed E-state index contributed by atoms with van der Waals surface area (Å²) in [5.41, 5.74) is 0.877. The van der Waals surface area contributed by atoms with Crippen molar-refractivity contribution in [1.29, 1.82) is 0 Å². The first kappa shape index (κ1) is 15.1. The molecule has 0 spiro atoms. The summed E-state index contributed by atoms with van der Waals surface area (Å²) >= 11 is 0. The molecule has 5 nitrogen and oxygen atoms in total. The zero-order valence-corrected chi connectivity index (χ0v) is 12.3. The quantitative estimate of drug-likeness (QED) is 0.820. The van der Waals surface area contributed by atoms with Crippen molar-refractivity contribution in [3.05, 3.63) is 23.8 Å². The van der Waals surface area contributed by atoms with Crippen molar-refractivity contribution in [2.75, 3.05) is 39.9 Å². The molecule has 1 heterocycles. The zero-order valence-electron chi connectivity index (χ0n) is 12.3. The first-order chi connectivity index (χ1) is 9.70. The van der Waals surface area contributed by atoms with Crippen molar-refractivity contribution in [1.82, 2.24) is 10.2 Å². The van der Waals surface area contributed by atoms with Crippen molar-refractivity contribution in [2.45, 2.75) is 19.6 Å². The molecule has 0 amide bonds. The molecular formula is C15H24N2O3. The van der Waals surface area contributed by atoms with E-state index in [1.807, 2.05) is 26.1 Å². The van der Waals surface area contributed by atoms with Crippen LogP contribution in [0.5, 0.6) is 11.5 Å². The maximum absolute atomic E-state index is 10.2. The molecule has 2 rings (SSSR count). The van der Waals surface area contributed by atoms with Gasteiger partial charge in [-0.1, -0.05) is 12.1 Å². The second kappa shape index (κ2) is 7.47. The number of benzene rings is 1. The largest absolute Gasteiger partial charge is 0.504 e. The summed E-state index contributed by atoms with van der Waals surface area (Å²) in [6.45, 7) is 6.55. The van der Waals surface area contributed by atoms with E-state index in [2.05, 4.69) is 10.2 Å². The first-order valence-corrected chi connectivity index (χ1v) is 7.15. The maximum Gasteiger partial charge on any atom is 0.162 e. The van der Waals surface area contributed by atoms with Gasteiger partial charge < -0.3 is 19.9 Å². The summed E-state index contributed by atoms with van der Waals surface area (Å²) in [5, 5.41) is 13.5. The Morgan fingerprint density at radius 3 is 3.05 bits per heavy atom. The molecule has 5 heteroatoms. The van der Waals surface area contributed by atoms with Crippen LogP contribution in [0, 0.1) is 0 Å². The van der Waals surface area contributed by atoms with Crippen molar-refractivity contribution < 1.29 is 14.6 Å². The summed E-state index contributed by atoms with van der Waals surface area (Å²) in [5.74, 6) is 0.790. The van der Waals surface area contributed by atoms with E-state index in [-0.39, 0.29) is 11.9 Å². The van der Waals surface area contributed by atoms with E-state index < -0.39 is 0 Å². The molecule has 1 fully saturated rings. The fourth-order valence-electron chi connectivity index (χ4n) is 2.41. The van der Waals surface area contributed by atoms with Crippen molar-refractivity contribution in [2.24, 2.45) is 0 Å². The third-order valence-electron chi connectivity index (χ3n) is 3.34. The van der Waals surface area contributed by atoms with Gasteiger partial charge in [0.15, 0.2) is 11.5 Å². The topological polar surface area (TPSA) is 54.0 Å². The van der Waals surface area contributed by atoms with Gasteiger partial charge in [0, 0.05) is 31.7 Å². The molecule has 1 saturated heterocycles. The molecule has 1 aromatic carbocycles. The Morgan fingerprint density at radius 1 is 1.50 bits per heavy atom. The average Bonchev–Trinajstić information content (AvgIpc) is 2.44. The van der Waals surface area contributed by atoms with E-state index in [1.54, 1.807) is 6.07 Å². The molecule has 1 aromatic rings. The van der Waals surface area contributed by atoms with Gasteiger partial charge in [0.05, 0.1) is 19.3 Å². The Balaban J connectivity index is 1.93. The van der Waals surface area contributed by atoms with Crippen LogP contribution in [0.2, 0.25) is 0 Å². The normalized spacial score (nSPS) is 19.2. The Bertz CT molecular complexity index is 420. The number of hydrogen-bond acceptors (Lipinski definition) is 5. The molecule has 1 aliphatic rings. The van der Waals surface area contributed by atoms with E-state index in [1.165, 1.54) is 0 Å². The molecule has 0 bridgehead atoms. The van der Waals surface area contributed by atoms with Crippen LogP contribution >= 0.6 is 0 Å². The van der Waals surface area contributed by atoms with Crippen LogP contribution in [0.15, 0.2) is 18.2 Å². The van der Waals surface area contributed by atoms with Crippen LogP contribution in [-0.4, -0.2) is 56.0 Å². The fraction of sp³-hybridized carbons (Fsp3) is 0.600. The zero-order chi connectivity index (χ0) is 14.4. The standard InChI is InChI=1S/C15H24N2O3/c1-3-19-14-6-4-5-12(15(14)18)10-17(2)11-13-9-16-7-8-20-13/h4-6,13,16,18H,3,7-11H2,1-2H3. The highest BCUT2D eigenvalue weighted by molar-refractivity contribution is 5.45. The van der Waals surface area contributed by atoms with Gasteiger partial charge in [-0.3, -0.25) is 4.90 Å². The number of phenols is 1. The summed E-state index contributed by atoms with van der Waals surface area (Å²) in [7, 11) is 2.03. The second-order valence-corrected chi connectivity index (χ2v) is 5.09. The van der Waals surface area contributed by atoms with E-state index in [4.69, 9.17) is 9.47 Å². The van der Waals surface area contributed by atoms with Gasteiger partial charge in [-0.2, -0.15) is 0 Å². The minimum absolute atomic E-state index is 0.214. The van der Waals surface area contributed by atoms with Crippen LogP contribution in [0.1, 0.15) is 12.5 Å². The SMILES string of the molecule is CCOc1cccc(CN(C)CC2CNCCO2)c1O. The number of likely N-dealkylation sites (N-methyl/N-ethyl adjacent to an activating group) is 1. The van der Waals surface area contributed by atoms with Gasteiger partial charge >= 0.3 is 0 Å². The maximum atomic E-state index is 10.2. The summed E-state index contributed by atoms with van der Waals surface area (Å²) in [4.78, 5) is 2.16. The predicted molar refractivity (Wildman–Crippen MR) is 78.2 cm³/mol. The van der Waals surface area contributed by atoms with Gasteiger partial charge in [0.1, 0.15) is 0 Å². The fourth-order valence-corrected chi connectivity index (χ4v) is 2.41. The molecule has 112 valence electrons. The smallest absolute Gasteiger partial charge is 0.162 e. The van der Waals surface area contributed by atoms with E-state index in [9.17, 15) is 5.11 Å². The number of rotatable bonds is 6. The first-order valence-electron chi connectivity index (χ1n) is 7.15. The third kappa shape index (κ3) is 4.10. The van der Waals surface area contributed by atoms with E-state index in [0.29, 0.717) is 18.9 Å². The molecule has 0 radical (unpaired) electrons. The number of nitrogens with zero attached hydrogens (tertiary/aromatic N) is 1. The van der Waals surface area contributed by atoms with Crippen molar-refractivity contribution >= 4 is 0 Å². The number of hydrogen-bond donors (Lipinski definition) is 2. The molecule has 1 unspecified atom stereocenters. The molecule has 0 aliphatic carbocycles.